The van der Waals surface area contributed by atoms with E-state index in [2.05, 4.69) is 50.5 Å². The van der Waals surface area contributed by atoms with Gasteiger partial charge in [-0.05, 0) is 48.0 Å². The molecule has 2 aromatic heterocycles. The average molecular weight is 477 g/mol. The highest BCUT2D eigenvalue weighted by Gasteiger charge is 2.13. The van der Waals surface area contributed by atoms with Gasteiger partial charge in [-0.3, -0.25) is 9.78 Å². The zero-order valence-corrected chi connectivity index (χ0v) is 19.6. The molecule has 1 aliphatic rings. The van der Waals surface area contributed by atoms with Crippen molar-refractivity contribution in [2.45, 2.75) is 6.42 Å². The Morgan fingerprint density at radius 3 is 2.58 bits per heavy atom. The molecule has 1 amide bonds. The van der Waals surface area contributed by atoms with Crippen molar-refractivity contribution in [1.82, 2.24) is 15.0 Å². The maximum Gasteiger partial charge on any atom is 0.274 e. The molecule has 1 aliphatic heterocycles. The predicted molar refractivity (Wildman–Crippen MR) is 137 cm³/mol. The number of ether oxygens (including phenoxy) is 1. The molecule has 1 saturated heterocycles. The lowest BCUT2D eigenvalue weighted by atomic mass is 10.1. The van der Waals surface area contributed by atoms with Gasteiger partial charge in [-0.1, -0.05) is 24.3 Å². The molecule has 0 aliphatic carbocycles. The summed E-state index contributed by atoms with van der Waals surface area (Å²) in [6.45, 7) is 3.32. The number of hydrogen-bond donors (Lipinski definition) is 1. The molecular formula is C28H24N6O2. The summed E-state index contributed by atoms with van der Waals surface area (Å²) in [6.07, 6.45) is 3.87. The van der Waals surface area contributed by atoms with E-state index >= 15 is 0 Å². The third kappa shape index (κ3) is 5.37. The van der Waals surface area contributed by atoms with Gasteiger partial charge in [0.05, 0.1) is 30.2 Å². The van der Waals surface area contributed by atoms with Crippen LogP contribution in [0.3, 0.4) is 0 Å². The molecule has 8 nitrogen and oxygen atoms in total. The van der Waals surface area contributed by atoms with Crippen LogP contribution in [0.1, 0.15) is 27.4 Å². The number of aromatic nitrogens is 3. The van der Waals surface area contributed by atoms with Crippen LogP contribution in [-0.4, -0.2) is 47.2 Å². The predicted octanol–water partition coefficient (Wildman–Crippen LogP) is 4.09. The Kier molecular flexibility index (Phi) is 6.92. The van der Waals surface area contributed by atoms with E-state index in [1.165, 1.54) is 5.69 Å². The number of benzene rings is 2. The molecule has 0 spiro atoms. The molecule has 8 heteroatoms. The van der Waals surface area contributed by atoms with Crippen molar-refractivity contribution in [2.24, 2.45) is 0 Å². The zero-order valence-electron chi connectivity index (χ0n) is 19.6. The largest absolute Gasteiger partial charge is 0.378 e. The van der Waals surface area contributed by atoms with E-state index in [9.17, 15) is 10.1 Å². The maximum atomic E-state index is 12.5. The van der Waals surface area contributed by atoms with Crippen LogP contribution >= 0.6 is 0 Å². The van der Waals surface area contributed by atoms with Crippen LogP contribution in [0.25, 0.3) is 11.3 Å². The summed E-state index contributed by atoms with van der Waals surface area (Å²) < 4.78 is 5.43. The Labute approximate surface area is 209 Å². The van der Waals surface area contributed by atoms with Crippen LogP contribution < -0.4 is 10.2 Å². The molecule has 1 N–H and O–H groups in total. The van der Waals surface area contributed by atoms with E-state index in [4.69, 9.17) is 9.72 Å². The van der Waals surface area contributed by atoms with E-state index in [1.807, 2.05) is 12.1 Å². The molecule has 178 valence electrons. The van der Waals surface area contributed by atoms with Crippen LogP contribution in [0.2, 0.25) is 0 Å². The van der Waals surface area contributed by atoms with Gasteiger partial charge in [0.2, 0.25) is 0 Å². The first-order valence-electron chi connectivity index (χ1n) is 11.7. The highest BCUT2D eigenvalue weighted by Crippen LogP contribution is 2.25. The number of amides is 1. The first-order valence-corrected chi connectivity index (χ1v) is 11.7. The molecule has 0 saturated carbocycles. The SMILES string of the molecule is N#Cc1cc(-c2ccnc(Cc3ccc(N4CCOCC4)cc3)n2)ccc1NC(=O)c1ccccn1. The topological polar surface area (TPSA) is 104 Å². The van der Waals surface area contributed by atoms with Crippen LogP contribution in [0.5, 0.6) is 0 Å². The minimum absolute atomic E-state index is 0.281. The zero-order chi connectivity index (χ0) is 24.7. The van der Waals surface area contributed by atoms with Gasteiger partial charge in [0.1, 0.15) is 17.6 Å². The number of carbonyl (C=O) groups is 1. The fourth-order valence-electron chi connectivity index (χ4n) is 4.06. The summed E-state index contributed by atoms with van der Waals surface area (Å²) in [7, 11) is 0. The normalized spacial score (nSPS) is 13.1. The quantitative estimate of drug-likeness (QED) is 0.447. The van der Waals surface area contributed by atoms with E-state index in [0.717, 1.165) is 37.4 Å². The Morgan fingerprint density at radius 2 is 1.83 bits per heavy atom. The highest BCUT2D eigenvalue weighted by molar-refractivity contribution is 6.03. The lowest BCUT2D eigenvalue weighted by molar-refractivity contribution is 0.102. The molecule has 4 aromatic rings. The highest BCUT2D eigenvalue weighted by atomic mass is 16.5. The minimum Gasteiger partial charge on any atom is -0.378 e. The van der Waals surface area contributed by atoms with Gasteiger partial charge in [0.25, 0.3) is 5.91 Å². The molecule has 1 fully saturated rings. The standard InChI is InChI=1S/C28H24N6O2/c29-19-22-18-21(6-9-24(22)33-28(35)26-3-1-2-11-30-26)25-10-12-31-27(32-25)17-20-4-7-23(8-5-20)34-13-15-36-16-14-34/h1-12,18H,13-17H2,(H,33,35). The van der Waals surface area contributed by atoms with Gasteiger partial charge in [0.15, 0.2) is 0 Å². The second kappa shape index (κ2) is 10.8. The van der Waals surface area contributed by atoms with Gasteiger partial charge in [-0.25, -0.2) is 9.97 Å². The third-order valence-corrected chi connectivity index (χ3v) is 5.96. The van der Waals surface area contributed by atoms with Gasteiger partial charge in [-0.15, -0.1) is 0 Å². The van der Waals surface area contributed by atoms with E-state index in [0.29, 0.717) is 29.2 Å². The number of morpholine rings is 1. The number of nitrogens with zero attached hydrogens (tertiary/aromatic N) is 5. The molecule has 0 radical (unpaired) electrons. The van der Waals surface area contributed by atoms with E-state index < -0.39 is 0 Å². The smallest absolute Gasteiger partial charge is 0.274 e. The number of pyridine rings is 1. The summed E-state index contributed by atoms with van der Waals surface area (Å²) in [5.74, 6) is 0.321. The summed E-state index contributed by atoms with van der Waals surface area (Å²) in [5.41, 5.74) is 4.84. The second-order valence-corrected chi connectivity index (χ2v) is 8.34. The molecule has 0 bridgehead atoms. The Hall–Kier alpha value is -4.61. The molecule has 3 heterocycles. The van der Waals surface area contributed by atoms with Crippen molar-refractivity contribution in [3.05, 3.63) is 102 Å². The van der Waals surface area contributed by atoms with Gasteiger partial charge in [0, 0.05) is 43.2 Å². The number of anilines is 2. The molecular weight excluding hydrogens is 452 g/mol. The first kappa shape index (κ1) is 23.1. The lowest BCUT2D eigenvalue weighted by Crippen LogP contribution is -2.36. The van der Waals surface area contributed by atoms with Crippen LogP contribution in [-0.2, 0) is 11.2 Å². The van der Waals surface area contributed by atoms with Crippen molar-refractivity contribution >= 4 is 17.3 Å². The Balaban J connectivity index is 1.31. The molecule has 0 atom stereocenters. The fraction of sp³-hybridized carbons (Fsp3) is 0.179. The summed E-state index contributed by atoms with van der Waals surface area (Å²) >= 11 is 0. The van der Waals surface area contributed by atoms with Crippen LogP contribution in [0, 0.1) is 11.3 Å². The fourth-order valence-corrected chi connectivity index (χ4v) is 4.06. The summed E-state index contributed by atoms with van der Waals surface area (Å²) in [5, 5.41) is 12.4. The van der Waals surface area contributed by atoms with Crippen molar-refractivity contribution in [3.8, 4) is 17.3 Å². The minimum atomic E-state index is -0.371. The second-order valence-electron chi connectivity index (χ2n) is 8.34. The third-order valence-electron chi connectivity index (χ3n) is 5.96. The first-order chi connectivity index (χ1) is 17.7. The van der Waals surface area contributed by atoms with Crippen molar-refractivity contribution in [1.29, 1.82) is 5.26 Å². The van der Waals surface area contributed by atoms with Crippen LogP contribution in [0.15, 0.2) is 79.1 Å². The lowest BCUT2D eigenvalue weighted by Gasteiger charge is -2.28. The summed E-state index contributed by atoms with van der Waals surface area (Å²) in [6, 6.07) is 22.8. The van der Waals surface area contributed by atoms with Gasteiger partial charge < -0.3 is 15.0 Å². The number of carbonyl (C=O) groups excluding carboxylic acids is 1. The maximum absolute atomic E-state index is 12.5. The average Bonchev–Trinajstić information content (AvgIpc) is 2.95. The van der Waals surface area contributed by atoms with Gasteiger partial charge >= 0.3 is 0 Å². The molecule has 2 aromatic carbocycles. The number of hydrogen-bond acceptors (Lipinski definition) is 7. The van der Waals surface area contributed by atoms with E-state index in [-0.39, 0.29) is 11.6 Å². The van der Waals surface area contributed by atoms with Crippen molar-refractivity contribution in [3.63, 3.8) is 0 Å². The van der Waals surface area contributed by atoms with Gasteiger partial charge in [-0.2, -0.15) is 5.26 Å². The van der Waals surface area contributed by atoms with Crippen molar-refractivity contribution < 1.29 is 9.53 Å². The Morgan fingerprint density at radius 1 is 1.00 bits per heavy atom. The number of rotatable bonds is 6. The Bertz CT molecular complexity index is 1390. The van der Waals surface area contributed by atoms with Crippen LogP contribution in [0.4, 0.5) is 11.4 Å². The molecule has 36 heavy (non-hydrogen) atoms. The summed E-state index contributed by atoms with van der Waals surface area (Å²) in [4.78, 5) is 28.0. The number of nitrogens with one attached hydrogen (secondary N) is 1. The van der Waals surface area contributed by atoms with E-state index in [1.54, 1.807) is 42.7 Å². The molecule has 0 unspecified atom stereocenters. The molecule has 5 rings (SSSR count). The number of nitriles is 1. The monoisotopic (exact) mass is 476 g/mol. The van der Waals surface area contributed by atoms with Crippen molar-refractivity contribution in [2.75, 3.05) is 36.5 Å².